The molecule has 0 unspecified atom stereocenters. The van der Waals surface area contributed by atoms with Crippen LogP contribution in [-0.4, -0.2) is 20.5 Å². The molecule has 0 fully saturated rings. The number of carboxylic acids is 1. The van der Waals surface area contributed by atoms with E-state index < -0.39 is 5.97 Å². The normalized spacial score (nSPS) is 11.0. The van der Waals surface area contributed by atoms with Gasteiger partial charge >= 0.3 is 5.97 Å². The summed E-state index contributed by atoms with van der Waals surface area (Å²) < 4.78 is 2.03. The minimum Gasteiger partial charge on any atom is -0.481 e. The zero-order valence-corrected chi connectivity index (χ0v) is 12.5. The Balaban J connectivity index is 1.52. The summed E-state index contributed by atoms with van der Waals surface area (Å²) in [7, 11) is 0. The third-order valence-corrected chi connectivity index (χ3v) is 3.82. The van der Waals surface area contributed by atoms with Crippen LogP contribution in [0.3, 0.4) is 0 Å². The predicted molar refractivity (Wildman–Crippen MR) is 83.5 cm³/mol. The molecule has 0 radical (unpaired) electrons. The number of hydrogen-bond acceptors (Lipinski definition) is 2. The molecule has 2 heterocycles. The lowest BCUT2D eigenvalue weighted by atomic mass is 10.0. The van der Waals surface area contributed by atoms with Crippen LogP contribution in [0.5, 0.6) is 0 Å². The lowest BCUT2D eigenvalue weighted by molar-refractivity contribution is -0.137. The summed E-state index contributed by atoms with van der Waals surface area (Å²) in [5.74, 6) is -0.676. The van der Waals surface area contributed by atoms with E-state index in [1.165, 1.54) is 31.2 Å². The first-order chi connectivity index (χ1) is 10.3. The van der Waals surface area contributed by atoms with E-state index in [0.29, 0.717) is 6.42 Å². The van der Waals surface area contributed by atoms with Gasteiger partial charge in [-0.05, 0) is 37.0 Å². The minimum absolute atomic E-state index is 0.316. The number of rotatable bonds is 10. The van der Waals surface area contributed by atoms with Crippen LogP contribution in [0, 0.1) is 0 Å². The maximum absolute atomic E-state index is 10.4. The highest BCUT2D eigenvalue weighted by Gasteiger charge is 1.99. The first kappa shape index (κ1) is 15.5. The number of aromatic nitrogens is 2. The first-order valence-electron chi connectivity index (χ1n) is 7.89. The van der Waals surface area contributed by atoms with E-state index in [1.807, 2.05) is 16.8 Å². The fraction of sp³-hybridized carbons (Fsp3) is 0.529. The molecule has 0 saturated heterocycles. The fourth-order valence-electron chi connectivity index (χ4n) is 2.60. The number of carbonyl (C=O) groups is 1. The molecule has 0 saturated carbocycles. The van der Waals surface area contributed by atoms with E-state index in [0.717, 1.165) is 31.3 Å². The Labute approximate surface area is 125 Å². The molecular formula is C17H24N2O2. The second-order valence-electron chi connectivity index (χ2n) is 5.60. The molecule has 4 nitrogen and oxygen atoms in total. The highest BCUT2D eigenvalue weighted by molar-refractivity contribution is 5.66. The highest BCUT2D eigenvalue weighted by Crippen LogP contribution is 2.12. The van der Waals surface area contributed by atoms with Gasteiger partial charge < -0.3 is 9.51 Å². The van der Waals surface area contributed by atoms with Gasteiger partial charge in [0.15, 0.2) is 0 Å². The Morgan fingerprint density at radius 1 is 1.05 bits per heavy atom. The molecule has 0 aliphatic heterocycles. The van der Waals surface area contributed by atoms with Crippen LogP contribution in [-0.2, 0) is 11.2 Å². The third-order valence-electron chi connectivity index (χ3n) is 3.82. The van der Waals surface area contributed by atoms with Gasteiger partial charge in [0.25, 0.3) is 0 Å². The first-order valence-corrected chi connectivity index (χ1v) is 7.89. The van der Waals surface area contributed by atoms with Crippen molar-refractivity contribution < 1.29 is 9.90 Å². The molecule has 114 valence electrons. The van der Waals surface area contributed by atoms with Crippen molar-refractivity contribution in [3.63, 3.8) is 0 Å². The van der Waals surface area contributed by atoms with Gasteiger partial charge in [-0.3, -0.25) is 4.79 Å². The van der Waals surface area contributed by atoms with Gasteiger partial charge in [-0.25, -0.2) is 4.98 Å². The van der Waals surface area contributed by atoms with Gasteiger partial charge in [-0.1, -0.05) is 32.1 Å². The van der Waals surface area contributed by atoms with E-state index in [2.05, 4.69) is 23.3 Å². The Morgan fingerprint density at radius 2 is 1.76 bits per heavy atom. The average molecular weight is 288 g/mol. The van der Waals surface area contributed by atoms with E-state index in [-0.39, 0.29) is 0 Å². The van der Waals surface area contributed by atoms with Crippen molar-refractivity contribution in [1.82, 2.24) is 9.38 Å². The summed E-state index contributed by atoms with van der Waals surface area (Å²) in [6.45, 7) is 0. The van der Waals surface area contributed by atoms with Crippen molar-refractivity contribution in [1.29, 1.82) is 0 Å². The molecule has 0 atom stereocenters. The molecule has 2 aromatic heterocycles. The summed E-state index contributed by atoms with van der Waals surface area (Å²) in [5.41, 5.74) is 2.38. The number of nitrogens with zero attached hydrogens (tertiary/aromatic N) is 2. The van der Waals surface area contributed by atoms with Gasteiger partial charge in [-0.15, -0.1) is 0 Å². The molecule has 0 amide bonds. The SMILES string of the molecule is O=C(O)CCCCCCCCCc1ccn2ccnc2c1. The lowest BCUT2D eigenvalue weighted by Crippen LogP contribution is -1.93. The molecule has 0 aliphatic carbocycles. The summed E-state index contributed by atoms with van der Waals surface area (Å²) in [6, 6.07) is 4.33. The molecule has 1 N–H and O–H groups in total. The molecule has 21 heavy (non-hydrogen) atoms. The number of unbranched alkanes of at least 4 members (excludes halogenated alkanes) is 6. The van der Waals surface area contributed by atoms with Crippen LogP contribution in [0.25, 0.3) is 5.65 Å². The number of fused-ring (bicyclic) bond motifs is 1. The summed E-state index contributed by atoms with van der Waals surface area (Å²) in [4.78, 5) is 14.7. The zero-order chi connectivity index (χ0) is 14.9. The second kappa shape index (κ2) is 8.45. The van der Waals surface area contributed by atoms with Crippen molar-refractivity contribution in [3.05, 3.63) is 36.3 Å². The van der Waals surface area contributed by atoms with Crippen LogP contribution >= 0.6 is 0 Å². The fourth-order valence-corrected chi connectivity index (χ4v) is 2.60. The van der Waals surface area contributed by atoms with Crippen LogP contribution < -0.4 is 0 Å². The van der Waals surface area contributed by atoms with Crippen molar-refractivity contribution >= 4 is 11.6 Å². The standard InChI is InChI=1S/C17H24N2O2/c20-17(21)9-7-5-3-1-2-4-6-8-15-10-12-19-13-11-18-16(19)14-15/h10-14H,1-9H2,(H,20,21). The maximum atomic E-state index is 10.4. The molecule has 4 heteroatoms. The molecule has 0 spiro atoms. The van der Waals surface area contributed by atoms with Gasteiger partial charge in [0.2, 0.25) is 0 Å². The smallest absolute Gasteiger partial charge is 0.303 e. The topological polar surface area (TPSA) is 54.6 Å². The summed E-state index contributed by atoms with van der Waals surface area (Å²) >= 11 is 0. The number of aryl methyl sites for hydroxylation is 1. The lowest BCUT2D eigenvalue weighted by Gasteiger charge is -2.03. The van der Waals surface area contributed by atoms with E-state index in [9.17, 15) is 4.79 Å². The molecule has 0 bridgehead atoms. The van der Waals surface area contributed by atoms with E-state index in [1.54, 1.807) is 0 Å². The Morgan fingerprint density at radius 3 is 2.52 bits per heavy atom. The monoisotopic (exact) mass is 288 g/mol. The summed E-state index contributed by atoms with van der Waals surface area (Å²) in [6.07, 6.45) is 15.2. The molecule has 2 rings (SSSR count). The minimum atomic E-state index is -0.676. The van der Waals surface area contributed by atoms with Gasteiger partial charge in [-0.2, -0.15) is 0 Å². The average Bonchev–Trinajstić information content (AvgIpc) is 2.92. The maximum Gasteiger partial charge on any atom is 0.303 e. The largest absolute Gasteiger partial charge is 0.481 e. The van der Waals surface area contributed by atoms with Gasteiger partial charge in [0, 0.05) is 25.0 Å². The highest BCUT2D eigenvalue weighted by atomic mass is 16.4. The van der Waals surface area contributed by atoms with Crippen molar-refractivity contribution in [2.75, 3.05) is 0 Å². The quantitative estimate of drug-likeness (QED) is 0.670. The Kier molecular flexibility index (Phi) is 6.25. The summed E-state index contributed by atoms with van der Waals surface area (Å²) in [5, 5.41) is 8.54. The van der Waals surface area contributed by atoms with Crippen LogP contribution in [0.1, 0.15) is 56.9 Å². The van der Waals surface area contributed by atoms with E-state index >= 15 is 0 Å². The van der Waals surface area contributed by atoms with Crippen LogP contribution in [0.4, 0.5) is 0 Å². The van der Waals surface area contributed by atoms with Gasteiger partial charge in [0.1, 0.15) is 5.65 Å². The molecular weight excluding hydrogens is 264 g/mol. The van der Waals surface area contributed by atoms with E-state index in [4.69, 9.17) is 5.11 Å². The molecule has 2 aromatic rings. The number of carboxylic acid groups (broad SMARTS) is 1. The molecule has 0 aromatic carbocycles. The van der Waals surface area contributed by atoms with Gasteiger partial charge in [0.05, 0.1) is 0 Å². The predicted octanol–water partition coefficient (Wildman–Crippen LogP) is 4.08. The Bertz CT molecular complexity index is 563. The van der Waals surface area contributed by atoms with Crippen LogP contribution in [0.15, 0.2) is 30.7 Å². The van der Waals surface area contributed by atoms with Crippen molar-refractivity contribution in [3.8, 4) is 0 Å². The zero-order valence-electron chi connectivity index (χ0n) is 12.5. The van der Waals surface area contributed by atoms with Crippen molar-refractivity contribution in [2.45, 2.75) is 57.8 Å². The molecule has 0 aliphatic rings. The number of hydrogen-bond donors (Lipinski definition) is 1. The Hall–Kier alpha value is -1.84. The number of aliphatic carboxylic acids is 1. The van der Waals surface area contributed by atoms with Crippen molar-refractivity contribution in [2.24, 2.45) is 0 Å². The van der Waals surface area contributed by atoms with Crippen LogP contribution in [0.2, 0.25) is 0 Å². The third kappa shape index (κ3) is 5.58. The number of imidazole rings is 1. The second-order valence-corrected chi connectivity index (χ2v) is 5.60. The number of pyridine rings is 1.